The summed E-state index contributed by atoms with van der Waals surface area (Å²) in [6, 6.07) is 0. The Morgan fingerprint density at radius 2 is 2.50 bits per heavy atom. The zero-order valence-electron chi connectivity index (χ0n) is 5.02. The molecule has 0 aliphatic heterocycles. The van der Waals surface area contributed by atoms with Crippen LogP contribution in [0.2, 0.25) is 0 Å². The monoisotopic (exact) mass is 144 g/mol. The maximum absolute atomic E-state index is 3.21. The quantitative estimate of drug-likeness (QED) is 0.494. The normalized spacial score (nSPS) is 15.4. The van der Waals surface area contributed by atoms with Gasteiger partial charge in [0.2, 0.25) is 0 Å². The fraction of sp³-hybridized carbons (Fsp3) is 0.429. The van der Waals surface area contributed by atoms with Crippen molar-refractivity contribution < 1.29 is 18.6 Å². The van der Waals surface area contributed by atoms with Crippen molar-refractivity contribution in [2.75, 3.05) is 0 Å². The molecule has 0 unspecified atom stereocenters. The van der Waals surface area contributed by atoms with E-state index < -0.39 is 0 Å². The van der Waals surface area contributed by atoms with Crippen LogP contribution in [0.15, 0.2) is 17.7 Å². The second-order valence-corrected chi connectivity index (χ2v) is 1.66. The number of hydrogen-bond donors (Lipinski definition) is 0. The van der Waals surface area contributed by atoms with Crippen molar-refractivity contribution in [1.29, 1.82) is 0 Å². The molecule has 1 radical (unpaired) electrons. The van der Waals surface area contributed by atoms with E-state index in [-0.39, 0.29) is 18.6 Å². The van der Waals surface area contributed by atoms with Crippen LogP contribution >= 0.6 is 0 Å². The van der Waals surface area contributed by atoms with Crippen LogP contribution in [0, 0.1) is 6.08 Å². The molecule has 0 saturated carbocycles. The number of rotatable bonds is 1. The van der Waals surface area contributed by atoms with Crippen LogP contribution in [0.25, 0.3) is 0 Å². The Labute approximate surface area is 62.6 Å². The van der Waals surface area contributed by atoms with Gasteiger partial charge >= 0.3 is 0 Å². The summed E-state index contributed by atoms with van der Waals surface area (Å²) in [6.07, 6.45) is 9.65. The van der Waals surface area contributed by atoms with Crippen LogP contribution in [0.3, 0.4) is 0 Å². The first-order valence-electron chi connectivity index (χ1n) is 2.69. The summed E-state index contributed by atoms with van der Waals surface area (Å²) >= 11 is 0. The minimum atomic E-state index is 0. The first-order valence-corrected chi connectivity index (χ1v) is 2.69. The molecule has 0 nitrogen and oxygen atoms in total. The molecule has 0 N–H and O–H groups in total. The van der Waals surface area contributed by atoms with Crippen molar-refractivity contribution in [3.63, 3.8) is 0 Å². The third-order valence-corrected chi connectivity index (χ3v) is 1.15. The molecule has 8 heavy (non-hydrogen) atoms. The molecule has 0 saturated heterocycles. The van der Waals surface area contributed by atoms with Gasteiger partial charge in [0.05, 0.1) is 0 Å². The van der Waals surface area contributed by atoms with Gasteiger partial charge in [0, 0.05) is 18.6 Å². The molecular weight excluding hydrogens is 135 g/mol. The molecule has 0 amide bonds. The molecule has 1 heteroatoms. The first kappa shape index (κ1) is 8.06. The zero-order chi connectivity index (χ0) is 5.11. The van der Waals surface area contributed by atoms with Gasteiger partial charge in [-0.1, -0.05) is 13.3 Å². The summed E-state index contributed by atoms with van der Waals surface area (Å²) in [7, 11) is 0. The third-order valence-electron chi connectivity index (χ3n) is 1.15. The molecule has 0 aromatic carbocycles. The van der Waals surface area contributed by atoms with E-state index in [0.717, 1.165) is 12.8 Å². The van der Waals surface area contributed by atoms with E-state index in [0.29, 0.717) is 0 Å². The molecule has 0 bridgehead atoms. The molecule has 0 heterocycles. The van der Waals surface area contributed by atoms with E-state index in [1.807, 2.05) is 0 Å². The summed E-state index contributed by atoms with van der Waals surface area (Å²) in [4.78, 5) is 0. The van der Waals surface area contributed by atoms with Gasteiger partial charge in [-0.3, -0.25) is 6.08 Å². The van der Waals surface area contributed by atoms with Crippen LogP contribution in [0.5, 0.6) is 0 Å². The van der Waals surface area contributed by atoms with E-state index in [1.165, 1.54) is 5.57 Å². The Morgan fingerprint density at radius 1 is 1.75 bits per heavy atom. The van der Waals surface area contributed by atoms with Gasteiger partial charge in [-0.2, -0.15) is 6.08 Å². The van der Waals surface area contributed by atoms with Gasteiger partial charge in [-0.15, -0.1) is 6.42 Å². The Bertz CT molecular complexity index is 112. The average Bonchev–Trinajstić information content (AvgIpc) is 2.14. The Morgan fingerprint density at radius 3 is 2.75 bits per heavy atom. The number of hydrogen-bond acceptors (Lipinski definition) is 0. The van der Waals surface area contributed by atoms with Gasteiger partial charge in [-0.05, 0) is 0 Å². The van der Waals surface area contributed by atoms with Crippen LogP contribution in [0.1, 0.15) is 19.8 Å². The molecule has 1 aliphatic carbocycles. The van der Waals surface area contributed by atoms with E-state index in [1.54, 1.807) is 0 Å². The summed E-state index contributed by atoms with van der Waals surface area (Å²) in [5.41, 5.74) is 1.36. The van der Waals surface area contributed by atoms with Crippen LogP contribution < -0.4 is 0 Å². The zero-order valence-corrected chi connectivity index (χ0v) is 6.41. The minimum Gasteiger partial charge on any atom is -0.270 e. The summed E-state index contributed by atoms with van der Waals surface area (Å²) < 4.78 is 0. The summed E-state index contributed by atoms with van der Waals surface area (Å²) in [5, 5.41) is 0. The van der Waals surface area contributed by atoms with Crippen LogP contribution in [0.4, 0.5) is 0 Å². The van der Waals surface area contributed by atoms with Crippen molar-refractivity contribution >= 4 is 0 Å². The Hall–Kier alpha value is 0.0644. The van der Waals surface area contributed by atoms with Gasteiger partial charge in [0.15, 0.2) is 0 Å². The molecule has 0 aromatic rings. The van der Waals surface area contributed by atoms with Gasteiger partial charge in [0.25, 0.3) is 0 Å². The molecular formula is C7H9V-. The van der Waals surface area contributed by atoms with Gasteiger partial charge in [0.1, 0.15) is 0 Å². The largest absolute Gasteiger partial charge is 0.270 e. The molecule has 1 aliphatic rings. The van der Waals surface area contributed by atoms with Crippen molar-refractivity contribution in [3.8, 4) is 0 Å². The topological polar surface area (TPSA) is 0 Å². The van der Waals surface area contributed by atoms with E-state index in [4.69, 9.17) is 0 Å². The van der Waals surface area contributed by atoms with E-state index >= 15 is 0 Å². The van der Waals surface area contributed by atoms with Gasteiger partial charge < -0.3 is 0 Å². The third kappa shape index (κ3) is 1.89. The standard InChI is InChI=1S/C7H9.V/c1-2-7-5-3-4-6-7;/h3,5H,2,4H2,1H3;/q-1;. The maximum atomic E-state index is 3.21. The molecule has 0 fully saturated rings. The fourth-order valence-electron chi connectivity index (χ4n) is 0.693. The predicted octanol–water partition coefficient (Wildman–Crippen LogP) is 2.08. The van der Waals surface area contributed by atoms with Gasteiger partial charge in [-0.25, -0.2) is 11.6 Å². The van der Waals surface area contributed by atoms with Crippen molar-refractivity contribution in [2.45, 2.75) is 19.8 Å². The Balaban J connectivity index is 0.000000490. The fourth-order valence-corrected chi connectivity index (χ4v) is 0.693. The summed E-state index contributed by atoms with van der Waals surface area (Å²) in [6.45, 7) is 2.15. The molecule has 1 rings (SSSR count). The summed E-state index contributed by atoms with van der Waals surface area (Å²) in [5.74, 6) is 0. The molecule has 0 spiro atoms. The Kier molecular flexibility index (Phi) is 4.03. The van der Waals surface area contributed by atoms with Crippen molar-refractivity contribution in [3.05, 3.63) is 23.8 Å². The average molecular weight is 144 g/mol. The molecule has 0 aromatic heterocycles. The van der Waals surface area contributed by atoms with Crippen molar-refractivity contribution in [1.82, 2.24) is 0 Å². The second kappa shape index (κ2) is 3.99. The van der Waals surface area contributed by atoms with Crippen LogP contribution in [-0.4, -0.2) is 0 Å². The van der Waals surface area contributed by atoms with Crippen LogP contribution in [-0.2, 0) is 18.6 Å². The van der Waals surface area contributed by atoms with E-state index in [2.05, 4.69) is 25.2 Å². The molecule has 43 valence electrons. The second-order valence-electron chi connectivity index (χ2n) is 1.66. The number of allylic oxidation sites excluding steroid dienone is 4. The smallest absolute Gasteiger partial charge is 0 e. The first-order chi connectivity index (χ1) is 3.43. The molecule has 0 atom stereocenters. The maximum Gasteiger partial charge on any atom is 0 e. The SMILES string of the molecule is CCC1=[C-]CC=C1.[V]. The minimum absolute atomic E-state index is 0. The van der Waals surface area contributed by atoms with E-state index in [9.17, 15) is 0 Å². The van der Waals surface area contributed by atoms with Crippen molar-refractivity contribution in [2.24, 2.45) is 0 Å². The predicted molar refractivity (Wildman–Crippen MR) is 30.8 cm³/mol.